The van der Waals surface area contributed by atoms with E-state index in [1.54, 1.807) is 0 Å². The van der Waals surface area contributed by atoms with E-state index in [1.807, 2.05) is 0 Å². The molecule has 2 heteroatoms. The first-order valence-electron chi connectivity index (χ1n) is 6.93. The lowest BCUT2D eigenvalue weighted by molar-refractivity contribution is 0.0792. The van der Waals surface area contributed by atoms with E-state index in [9.17, 15) is 0 Å². The van der Waals surface area contributed by atoms with Gasteiger partial charge < -0.3 is 5.73 Å². The Morgan fingerprint density at radius 2 is 2.06 bits per heavy atom. The lowest BCUT2D eigenvalue weighted by Crippen LogP contribution is -2.52. The van der Waals surface area contributed by atoms with Gasteiger partial charge in [-0.15, -0.1) is 0 Å². The molecule has 0 aromatic heterocycles. The second-order valence-corrected chi connectivity index (χ2v) is 6.10. The van der Waals surface area contributed by atoms with E-state index in [-0.39, 0.29) is 5.54 Å². The number of hydrogen-bond donors (Lipinski definition) is 1. The molecule has 0 bridgehead atoms. The minimum Gasteiger partial charge on any atom is -0.329 e. The fraction of sp³-hybridized carbons (Fsp3) is 1.00. The maximum absolute atomic E-state index is 6.01. The lowest BCUT2D eigenvalue weighted by atomic mass is 9.76. The molecule has 1 saturated carbocycles. The van der Waals surface area contributed by atoms with Gasteiger partial charge >= 0.3 is 0 Å². The van der Waals surface area contributed by atoms with Gasteiger partial charge in [0.1, 0.15) is 0 Å². The average Bonchev–Trinajstić information content (AvgIpc) is 2.22. The fourth-order valence-electron chi connectivity index (χ4n) is 2.53. The zero-order valence-electron chi connectivity index (χ0n) is 11.6. The zero-order valence-corrected chi connectivity index (χ0v) is 11.6. The van der Waals surface area contributed by atoms with Gasteiger partial charge in [-0.3, -0.25) is 4.90 Å². The molecule has 0 heterocycles. The van der Waals surface area contributed by atoms with Crippen LogP contribution < -0.4 is 5.73 Å². The van der Waals surface area contributed by atoms with E-state index in [0.717, 1.165) is 18.4 Å². The molecule has 1 aliphatic carbocycles. The van der Waals surface area contributed by atoms with Gasteiger partial charge in [0.2, 0.25) is 0 Å². The molecule has 0 saturated heterocycles. The highest BCUT2D eigenvalue weighted by atomic mass is 15.2. The molecule has 1 fully saturated rings. The van der Waals surface area contributed by atoms with Gasteiger partial charge in [-0.25, -0.2) is 0 Å². The molecule has 2 unspecified atom stereocenters. The van der Waals surface area contributed by atoms with E-state index in [1.165, 1.54) is 38.6 Å². The first-order valence-corrected chi connectivity index (χ1v) is 6.93. The Kier molecular flexibility index (Phi) is 5.26. The number of rotatable bonds is 7. The summed E-state index contributed by atoms with van der Waals surface area (Å²) >= 11 is 0. The molecular formula is C14H30N2. The van der Waals surface area contributed by atoms with Crippen LogP contribution in [0.1, 0.15) is 52.9 Å². The standard InChI is InChI=1S/C14H30N2/c1-5-12(2)10-16(4)14(3,11-15)9-13-7-6-8-13/h12-13H,5-11,15H2,1-4H3. The normalized spacial score (nSPS) is 22.9. The monoisotopic (exact) mass is 226 g/mol. The highest BCUT2D eigenvalue weighted by molar-refractivity contribution is 4.90. The number of likely N-dealkylation sites (N-methyl/N-ethyl adjacent to an activating group) is 1. The zero-order chi connectivity index (χ0) is 12.2. The summed E-state index contributed by atoms with van der Waals surface area (Å²) in [6.45, 7) is 8.90. The minimum absolute atomic E-state index is 0.217. The van der Waals surface area contributed by atoms with E-state index in [4.69, 9.17) is 5.73 Å². The summed E-state index contributed by atoms with van der Waals surface area (Å²) in [5.41, 5.74) is 6.23. The maximum atomic E-state index is 6.01. The van der Waals surface area contributed by atoms with Crippen LogP contribution in [-0.2, 0) is 0 Å². The van der Waals surface area contributed by atoms with Crippen LogP contribution in [0.15, 0.2) is 0 Å². The third-order valence-electron chi connectivity index (χ3n) is 4.60. The fourth-order valence-corrected chi connectivity index (χ4v) is 2.53. The van der Waals surface area contributed by atoms with Crippen molar-refractivity contribution in [1.29, 1.82) is 0 Å². The van der Waals surface area contributed by atoms with E-state index in [2.05, 4.69) is 32.7 Å². The third kappa shape index (κ3) is 3.46. The van der Waals surface area contributed by atoms with Gasteiger partial charge in [0.25, 0.3) is 0 Å². The van der Waals surface area contributed by atoms with Crippen molar-refractivity contribution >= 4 is 0 Å². The molecule has 0 aromatic rings. The highest BCUT2D eigenvalue weighted by Gasteiger charge is 2.33. The van der Waals surface area contributed by atoms with Crippen LogP contribution in [0.3, 0.4) is 0 Å². The Hall–Kier alpha value is -0.0800. The van der Waals surface area contributed by atoms with Crippen LogP contribution in [-0.4, -0.2) is 30.6 Å². The molecule has 0 aliphatic heterocycles. The number of nitrogens with two attached hydrogens (primary N) is 1. The minimum atomic E-state index is 0.217. The molecule has 0 amide bonds. The Morgan fingerprint density at radius 1 is 1.44 bits per heavy atom. The smallest absolute Gasteiger partial charge is 0.0303 e. The van der Waals surface area contributed by atoms with Crippen molar-refractivity contribution in [2.75, 3.05) is 20.1 Å². The molecule has 0 aromatic carbocycles. The molecule has 1 rings (SSSR count). The van der Waals surface area contributed by atoms with Gasteiger partial charge in [-0.05, 0) is 32.2 Å². The summed E-state index contributed by atoms with van der Waals surface area (Å²) < 4.78 is 0. The molecule has 2 nitrogen and oxygen atoms in total. The van der Waals surface area contributed by atoms with Gasteiger partial charge in [0.15, 0.2) is 0 Å². The van der Waals surface area contributed by atoms with Crippen LogP contribution in [0.25, 0.3) is 0 Å². The van der Waals surface area contributed by atoms with Gasteiger partial charge in [-0.2, -0.15) is 0 Å². The van der Waals surface area contributed by atoms with E-state index >= 15 is 0 Å². The lowest BCUT2D eigenvalue weighted by Gasteiger charge is -2.43. The van der Waals surface area contributed by atoms with E-state index in [0.29, 0.717) is 0 Å². The van der Waals surface area contributed by atoms with Crippen LogP contribution in [0.4, 0.5) is 0 Å². The summed E-state index contributed by atoms with van der Waals surface area (Å²) in [6.07, 6.45) is 6.82. The predicted molar refractivity (Wildman–Crippen MR) is 71.5 cm³/mol. The second kappa shape index (κ2) is 6.02. The van der Waals surface area contributed by atoms with Crippen molar-refractivity contribution in [2.45, 2.75) is 58.4 Å². The molecule has 2 N–H and O–H groups in total. The van der Waals surface area contributed by atoms with Crippen LogP contribution >= 0.6 is 0 Å². The SMILES string of the molecule is CCC(C)CN(C)C(C)(CN)CC1CCC1. The maximum Gasteiger partial charge on any atom is 0.0303 e. The molecule has 96 valence electrons. The Morgan fingerprint density at radius 3 is 2.44 bits per heavy atom. The molecular weight excluding hydrogens is 196 g/mol. The van der Waals surface area contributed by atoms with Gasteiger partial charge in [0.05, 0.1) is 0 Å². The molecule has 2 atom stereocenters. The van der Waals surface area contributed by atoms with Crippen molar-refractivity contribution in [1.82, 2.24) is 4.90 Å². The first-order chi connectivity index (χ1) is 7.51. The quantitative estimate of drug-likeness (QED) is 0.723. The van der Waals surface area contributed by atoms with Gasteiger partial charge in [-0.1, -0.05) is 39.5 Å². The third-order valence-corrected chi connectivity index (χ3v) is 4.60. The topological polar surface area (TPSA) is 29.3 Å². The van der Waals surface area contributed by atoms with Crippen molar-refractivity contribution in [3.05, 3.63) is 0 Å². The van der Waals surface area contributed by atoms with E-state index < -0.39 is 0 Å². The van der Waals surface area contributed by atoms with Crippen molar-refractivity contribution in [2.24, 2.45) is 17.6 Å². The number of hydrogen-bond acceptors (Lipinski definition) is 2. The summed E-state index contributed by atoms with van der Waals surface area (Å²) in [5.74, 6) is 1.71. The number of nitrogens with zero attached hydrogens (tertiary/aromatic N) is 1. The first kappa shape index (κ1) is 14.0. The van der Waals surface area contributed by atoms with Crippen molar-refractivity contribution in [3.63, 3.8) is 0 Å². The van der Waals surface area contributed by atoms with Gasteiger partial charge in [0, 0.05) is 18.6 Å². The Balaban J connectivity index is 2.48. The highest BCUT2D eigenvalue weighted by Crippen LogP contribution is 2.35. The van der Waals surface area contributed by atoms with Crippen LogP contribution in [0, 0.1) is 11.8 Å². The second-order valence-electron chi connectivity index (χ2n) is 6.10. The average molecular weight is 226 g/mol. The summed E-state index contributed by atoms with van der Waals surface area (Å²) in [6, 6.07) is 0. The summed E-state index contributed by atoms with van der Waals surface area (Å²) in [5, 5.41) is 0. The van der Waals surface area contributed by atoms with Crippen molar-refractivity contribution in [3.8, 4) is 0 Å². The Bertz CT molecular complexity index is 201. The molecule has 0 radical (unpaired) electrons. The van der Waals surface area contributed by atoms with Crippen LogP contribution in [0.2, 0.25) is 0 Å². The largest absolute Gasteiger partial charge is 0.329 e. The molecule has 16 heavy (non-hydrogen) atoms. The van der Waals surface area contributed by atoms with Crippen molar-refractivity contribution < 1.29 is 0 Å². The summed E-state index contributed by atoms with van der Waals surface area (Å²) in [4.78, 5) is 2.50. The molecule has 1 aliphatic rings. The predicted octanol–water partition coefficient (Wildman–Crippen LogP) is 2.87. The van der Waals surface area contributed by atoms with Crippen LogP contribution in [0.5, 0.6) is 0 Å². The Labute approximate surface area is 102 Å². The summed E-state index contributed by atoms with van der Waals surface area (Å²) in [7, 11) is 2.25. The molecule has 0 spiro atoms.